The topological polar surface area (TPSA) is 63.1 Å². The Kier molecular flexibility index (Phi) is 3.40. The molecule has 1 N–H and O–H groups in total. The number of carboxylic acids is 1. The number of hydrogen-bond acceptors (Lipinski definition) is 3. The Hall–Kier alpha value is -1.46. The van der Waals surface area contributed by atoms with Gasteiger partial charge < -0.3 is 5.11 Å². The fraction of sp³-hybridized carbons (Fsp3) is 0. The third-order valence-corrected chi connectivity index (χ3v) is 2.86. The highest BCUT2D eigenvalue weighted by Gasteiger charge is 2.12. The minimum atomic E-state index is -1.12. The van der Waals surface area contributed by atoms with Crippen molar-refractivity contribution >= 4 is 33.5 Å². The average Bonchev–Trinajstić information content (AvgIpc) is 2.29. The SMILES string of the molecule is O=C(O)c1cnc(Br)c(-c2cccc(Cl)c2)n1. The van der Waals surface area contributed by atoms with Crippen LogP contribution in [0.3, 0.4) is 0 Å². The van der Waals surface area contributed by atoms with Gasteiger partial charge in [-0.1, -0.05) is 23.7 Å². The zero-order chi connectivity index (χ0) is 12.4. The summed E-state index contributed by atoms with van der Waals surface area (Å²) >= 11 is 9.10. The minimum Gasteiger partial charge on any atom is -0.476 e. The van der Waals surface area contributed by atoms with Gasteiger partial charge in [-0.3, -0.25) is 0 Å². The van der Waals surface area contributed by atoms with Gasteiger partial charge in [0.2, 0.25) is 0 Å². The lowest BCUT2D eigenvalue weighted by Crippen LogP contribution is -2.03. The van der Waals surface area contributed by atoms with E-state index in [0.29, 0.717) is 20.9 Å². The summed E-state index contributed by atoms with van der Waals surface area (Å²) in [6, 6.07) is 6.97. The third-order valence-electron chi connectivity index (χ3n) is 2.05. The summed E-state index contributed by atoms with van der Waals surface area (Å²) in [6.45, 7) is 0. The van der Waals surface area contributed by atoms with Gasteiger partial charge in [-0.05, 0) is 28.1 Å². The van der Waals surface area contributed by atoms with Crippen molar-refractivity contribution in [3.05, 3.63) is 45.8 Å². The van der Waals surface area contributed by atoms with Crippen molar-refractivity contribution in [3.63, 3.8) is 0 Å². The Bertz CT molecular complexity index is 589. The molecule has 0 bridgehead atoms. The Morgan fingerprint density at radius 2 is 2.18 bits per heavy atom. The maximum Gasteiger partial charge on any atom is 0.356 e. The number of rotatable bonds is 2. The van der Waals surface area contributed by atoms with Gasteiger partial charge in [-0.15, -0.1) is 0 Å². The van der Waals surface area contributed by atoms with Gasteiger partial charge in [-0.2, -0.15) is 0 Å². The number of hydrogen-bond donors (Lipinski definition) is 1. The van der Waals surface area contributed by atoms with Crippen LogP contribution in [0.15, 0.2) is 35.1 Å². The van der Waals surface area contributed by atoms with Gasteiger partial charge in [0, 0.05) is 10.6 Å². The van der Waals surface area contributed by atoms with Crippen LogP contribution in [-0.4, -0.2) is 21.0 Å². The lowest BCUT2D eigenvalue weighted by atomic mass is 10.1. The van der Waals surface area contributed by atoms with Crippen molar-refractivity contribution in [2.24, 2.45) is 0 Å². The molecule has 0 atom stereocenters. The van der Waals surface area contributed by atoms with E-state index >= 15 is 0 Å². The molecule has 0 unspecified atom stereocenters. The van der Waals surface area contributed by atoms with Crippen LogP contribution in [0.4, 0.5) is 0 Å². The number of nitrogens with zero attached hydrogens (tertiary/aromatic N) is 2. The van der Waals surface area contributed by atoms with Crippen LogP contribution < -0.4 is 0 Å². The number of benzene rings is 1. The van der Waals surface area contributed by atoms with Gasteiger partial charge in [0.25, 0.3) is 0 Å². The van der Waals surface area contributed by atoms with E-state index in [-0.39, 0.29) is 5.69 Å². The van der Waals surface area contributed by atoms with Crippen LogP contribution in [0.1, 0.15) is 10.5 Å². The zero-order valence-electron chi connectivity index (χ0n) is 8.39. The largest absolute Gasteiger partial charge is 0.476 e. The smallest absolute Gasteiger partial charge is 0.356 e. The highest BCUT2D eigenvalue weighted by molar-refractivity contribution is 9.10. The molecule has 2 aromatic rings. The number of halogens is 2. The first-order chi connectivity index (χ1) is 8.08. The molecular weight excluding hydrogens is 307 g/mol. The van der Waals surface area contributed by atoms with Crippen molar-refractivity contribution in [2.75, 3.05) is 0 Å². The molecule has 1 heterocycles. The van der Waals surface area contributed by atoms with E-state index in [1.54, 1.807) is 24.3 Å². The molecule has 0 spiro atoms. The molecule has 4 nitrogen and oxygen atoms in total. The third kappa shape index (κ3) is 2.62. The van der Waals surface area contributed by atoms with E-state index < -0.39 is 5.97 Å². The van der Waals surface area contributed by atoms with Crippen LogP contribution in [0.25, 0.3) is 11.3 Å². The van der Waals surface area contributed by atoms with Gasteiger partial charge in [0.1, 0.15) is 10.3 Å². The number of aromatic nitrogens is 2. The zero-order valence-corrected chi connectivity index (χ0v) is 10.7. The van der Waals surface area contributed by atoms with Crippen molar-refractivity contribution in [3.8, 4) is 11.3 Å². The molecule has 86 valence electrons. The van der Waals surface area contributed by atoms with Crippen LogP contribution >= 0.6 is 27.5 Å². The molecule has 0 amide bonds. The highest BCUT2D eigenvalue weighted by Crippen LogP contribution is 2.26. The first-order valence-corrected chi connectivity index (χ1v) is 5.77. The van der Waals surface area contributed by atoms with Crippen molar-refractivity contribution in [2.45, 2.75) is 0 Å². The first kappa shape index (κ1) is 12.0. The maximum atomic E-state index is 10.8. The quantitative estimate of drug-likeness (QED) is 0.924. The molecule has 0 aliphatic heterocycles. The maximum absolute atomic E-state index is 10.8. The summed E-state index contributed by atoms with van der Waals surface area (Å²) in [5.41, 5.74) is 1.05. The summed E-state index contributed by atoms with van der Waals surface area (Å²) < 4.78 is 0.477. The fourth-order valence-electron chi connectivity index (χ4n) is 1.30. The molecule has 0 aliphatic rings. The van der Waals surface area contributed by atoms with Crippen LogP contribution in [-0.2, 0) is 0 Å². The highest BCUT2D eigenvalue weighted by atomic mass is 79.9. The molecule has 0 saturated carbocycles. The second-order valence-electron chi connectivity index (χ2n) is 3.21. The van der Waals surface area contributed by atoms with E-state index in [1.165, 1.54) is 6.20 Å². The molecule has 1 aromatic carbocycles. The van der Waals surface area contributed by atoms with Gasteiger partial charge in [0.05, 0.1) is 6.20 Å². The van der Waals surface area contributed by atoms with E-state index in [9.17, 15) is 4.79 Å². The van der Waals surface area contributed by atoms with E-state index in [4.69, 9.17) is 16.7 Å². The molecule has 0 saturated heterocycles. The molecule has 0 fully saturated rings. The summed E-state index contributed by atoms with van der Waals surface area (Å²) in [5.74, 6) is -1.12. The van der Waals surface area contributed by atoms with Crippen LogP contribution in [0.5, 0.6) is 0 Å². The lowest BCUT2D eigenvalue weighted by Gasteiger charge is -2.04. The Balaban J connectivity index is 2.58. The minimum absolute atomic E-state index is 0.108. The Morgan fingerprint density at radius 3 is 2.82 bits per heavy atom. The molecule has 0 radical (unpaired) electrons. The predicted octanol–water partition coefficient (Wildman–Crippen LogP) is 3.26. The second-order valence-corrected chi connectivity index (χ2v) is 4.40. The molecule has 1 aromatic heterocycles. The summed E-state index contributed by atoms with van der Waals surface area (Å²) in [6.07, 6.45) is 1.19. The molecule has 17 heavy (non-hydrogen) atoms. The van der Waals surface area contributed by atoms with Gasteiger partial charge >= 0.3 is 5.97 Å². The van der Waals surface area contributed by atoms with Crippen LogP contribution in [0, 0.1) is 0 Å². The number of carbonyl (C=O) groups is 1. The second kappa shape index (κ2) is 4.81. The van der Waals surface area contributed by atoms with Gasteiger partial charge in [0.15, 0.2) is 5.69 Å². The molecule has 0 aliphatic carbocycles. The lowest BCUT2D eigenvalue weighted by molar-refractivity contribution is 0.0690. The van der Waals surface area contributed by atoms with Crippen molar-refractivity contribution in [1.29, 1.82) is 0 Å². The Labute approximate surface area is 110 Å². The van der Waals surface area contributed by atoms with Crippen LogP contribution in [0.2, 0.25) is 5.02 Å². The van der Waals surface area contributed by atoms with E-state index in [0.717, 1.165) is 0 Å². The van der Waals surface area contributed by atoms with E-state index in [1.807, 2.05) is 0 Å². The molecule has 6 heteroatoms. The molecular formula is C11H6BrClN2O2. The molecule has 2 rings (SSSR count). The Morgan fingerprint density at radius 1 is 1.41 bits per heavy atom. The number of aromatic carboxylic acids is 1. The average molecular weight is 314 g/mol. The van der Waals surface area contributed by atoms with Crippen molar-refractivity contribution < 1.29 is 9.90 Å². The first-order valence-electron chi connectivity index (χ1n) is 4.59. The van der Waals surface area contributed by atoms with E-state index in [2.05, 4.69) is 25.9 Å². The standard InChI is InChI=1S/C11H6BrClN2O2/c12-10-9(6-2-1-3-7(13)4-6)15-8(5-14-10)11(16)17/h1-5H,(H,16,17). The monoisotopic (exact) mass is 312 g/mol. The van der Waals surface area contributed by atoms with Crippen molar-refractivity contribution in [1.82, 2.24) is 9.97 Å². The number of carboxylic acid groups (broad SMARTS) is 1. The van der Waals surface area contributed by atoms with Gasteiger partial charge in [-0.25, -0.2) is 14.8 Å². The normalized spacial score (nSPS) is 10.2. The summed E-state index contributed by atoms with van der Waals surface area (Å²) in [7, 11) is 0. The summed E-state index contributed by atoms with van der Waals surface area (Å²) in [5, 5.41) is 9.41. The fourth-order valence-corrected chi connectivity index (χ4v) is 1.91. The summed E-state index contributed by atoms with van der Waals surface area (Å²) in [4.78, 5) is 18.8. The predicted molar refractivity (Wildman–Crippen MR) is 67.1 cm³/mol.